The number of aliphatic imine (C=N–C) groups is 1. The first-order chi connectivity index (χ1) is 8.16. The van der Waals surface area contributed by atoms with Gasteiger partial charge >= 0.3 is 0 Å². The molecule has 2 aliphatic heterocycles. The monoisotopic (exact) mass is 312 g/mol. The van der Waals surface area contributed by atoms with E-state index in [4.69, 9.17) is 0 Å². The highest BCUT2D eigenvalue weighted by atomic mass is 79.9. The highest BCUT2D eigenvalue weighted by Gasteiger charge is 2.31. The molecule has 0 N–H and O–H groups in total. The minimum atomic E-state index is -0.225. The lowest BCUT2D eigenvalue weighted by molar-refractivity contribution is 0.616. The third kappa shape index (κ3) is 1.81. The van der Waals surface area contributed by atoms with Crippen molar-refractivity contribution in [2.75, 3.05) is 13.1 Å². The predicted molar refractivity (Wildman–Crippen MR) is 73.3 cm³/mol. The van der Waals surface area contributed by atoms with Gasteiger partial charge in [0.2, 0.25) is 0 Å². The van der Waals surface area contributed by atoms with Crippen molar-refractivity contribution >= 4 is 38.6 Å². The molecule has 17 heavy (non-hydrogen) atoms. The summed E-state index contributed by atoms with van der Waals surface area (Å²) in [6, 6.07) is 5.26. The summed E-state index contributed by atoms with van der Waals surface area (Å²) in [6.07, 6.45) is 0. The maximum absolute atomic E-state index is 13.6. The molecular weight excluding hydrogens is 303 g/mol. The molecule has 0 spiro atoms. The van der Waals surface area contributed by atoms with Gasteiger partial charge in [-0.25, -0.2) is 4.39 Å². The molecule has 2 heterocycles. The molecule has 3 rings (SSSR count). The van der Waals surface area contributed by atoms with Crippen LogP contribution < -0.4 is 0 Å². The Labute approximate surface area is 112 Å². The second-order valence-electron chi connectivity index (χ2n) is 3.95. The van der Waals surface area contributed by atoms with Crippen molar-refractivity contribution in [3.63, 3.8) is 0 Å². The lowest BCUT2D eigenvalue weighted by Gasteiger charge is -2.17. The second kappa shape index (κ2) is 4.14. The van der Waals surface area contributed by atoms with Crippen molar-refractivity contribution < 1.29 is 4.39 Å². The number of allylic oxidation sites excluding steroid dienone is 1. The standard InChI is InChI=1S/C12H10BrFN2S/c1-7-11(16-5-4-15-12(16)17-7)8-2-3-9(13)10(14)6-8/h2-3,6H,4-5H2,1H3. The molecule has 0 amide bonds. The predicted octanol–water partition coefficient (Wildman–Crippen LogP) is 3.70. The zero-order chi connectivity index (χ0) is 12.0. The molecule has 5 heteroatoms. The van der Waals surface area contributed by atoms with Gasteiger partial charge < -0.3 is 4.90 Å². The Hall–Kier alpha value is -0.810. The maximum atomic E-state index is 13.6. The molecule has 0 saturated carbocycles. The molecule has 0 radical (unpaired) electrons. The van der Waals surface area contributed by atoms with Crippen molar-refractivity contribution in [1.29, 1.82) is 0 Å². The lowest BCUT2D eigenvalue weighted by atomic mass is 10.1. The van der Waals surface area contributed by atoms with Crippen LogP contribution in [-0.4, -0.2) is 23.2 Å². The van der Waals surface area contributed by atoms with Crippen molar-refractivity contribution in [2.24, 2.45) is 4.99 Å². The fourth-order valence-electron chi connectivity index (χ4n) is 2.10. The van der Waals surface area contributed by atoms with Gasteiger partial charge in [0, 0.05) is 17.0 Å². The number of fused-ring (bicyclic) bond motifs is 1. The molecule has 1 aromatic rings. The van der Waals surface area contributed by atoms with Crippen LogP contribution >= 0.6 is 27.7 Å². The third-order valence-corrected chi connectivity index (χ3v) is 4.52. The molecule has 0 bridgehead atoms. The van der Waals surface area contributed by atoms with E-state index in [1.54, 1.807) is 23.9 Å². The quantitative estimate of drug-likeness (QED) is 0.786. The molecule has 0 aliphatic carbocycles. The zero-order valence-electron chi connectivity index (χ0n) is 9.20. The van der Waals surface area contributed by atoms with Crippen LogP contribution in [0, 0.1) is 5.82 Å². The maximum Gasteiger partial charge on any atom is 0.168 e. The topological polar surface area (TPSA) is 15.6 Å². The van der Waals surface area contributed by atoms with Crippen molar-refractivity contribution in [2.45, 2.75) is 6.92 Å². The van der Waals surface area contributed by atoms with E-state index in [1.807, 2.05) is 6.07 Å². The van der Waals surface area contributed by atoms with Crippen LogP contribution in [0.5, 0.6) is 0 Å². The van der Waals surface area contributed by atoms with E-state index in [9.17, 15) is 4.39 Å². The van der Waals surface area contributed by atoms with Gasteiger partial charge in [0.25, 0.3) is 0 Å². The average molecular weight is 313 g/mol. The normalized spacial score (nSPS) is 18.8. The molecule has 0 saturated heterocycles. The molecule has 0 aromatic heterocycles. The van der Waals surface area contributed by atoms with Gasteiger partial charge in [0.15, 0.2) is 5.17 Å². The number of benzene rings is 1. The summed E-state index contributed by atoms with van der Waals surface area (Å²) in [7, 11) is 0. The van der Waals surface area contributed by atoms with E-state index in [1.165, 1.54) is 4.91 Å². The summed E-state index contributed by atoms with van der Waals surface area (Å²) in [5.41, 5.74) is 2.01. The summed E-state index contributed by atoms with van der Waals surface area (Å²) in [5.74, 6) is -0.225. The van der Waals surface area contributed by atoms with Crippen molar-refractivity contribution in [3.05, 3.63) is 39.0 Å². The Morgan fingerprint density at radius 2 is 2.29 bits per heavy atom. The molecule has 0 unspecified atom stereocenters. The van der Waals surface area contributed by atoms with Gasteiger partial charge in [0.1, 0.15) is 5.82 Å². The van der Waals surface area contributed by atoms with E-state index in [2.05, 4.69) is 32.7 Å². The van der Waals surface area contributed by atoms with Crippen LogP contribution in [0.25, 0.3) is 5.70 Å². The highest BCUT2D eigenvalue weighted by Crippen LogP contribution is 2.41. The lowest BCUT2D eigenvalue weighted by Crippen LogP contribution is -2.20. The number of thioether (sulfide) groups is 1. The van der Waals surface area contributed by atoms with Crippen LogP contribution in [0.3, 0.4) is 0 Å². The highest BCUT2D eigenvalue weighted by molar-refractivity contribution is 9.10. The number of rotatable bonds is 1. The largest absolute Gasteiger partial charge is 0.318 e. The number of hydrogen-bond donors (Lipinski definition) is 0. The van der Waals surface area contributed by atoms with Crippen LogP contribution in [-0.2, 0) is 0 Å². The molecule has 1 aromatic carbocycles. The van der Waals surface area contributed by atoms with Crippen molar-refractivity contribution in [3.8, 4) is 0 Å². The van der Waals surface area contributed by atoms with Crippen LogP contribution in [0.15, 0.2) is 32.6 Å². The Bertz CT molecular complexity index is 553. The summed E-state index contributed by atoms with van der Waals surface area (Å²) in [4.78, 5) is 7.78. The molecule has 0 atom stereocenters. The van der Waals surface area contributed by atoms with Gasteiger partial charge in [-0.15, -0.1) is 0 Å². The Kier molecular flexibility index (Phi) is 2.75. The minimum absolute atomic E-state index is 0.225. The molecule has 0 fully saturated rings. The first-order valence-electron chi connectivity index (χ1n) is 5.33. The molecule has 2 aliphatic rings. The van der Waals surface area contributed by atoms with E-state index in [0.717, 1.165) is 29.5 Å². The van der Waals surface area contributed by atoms with Gasteiger partial charge in [-0.3, -0.25) is 4.99 Å². The smallest absolute Gasteiger partial charge is 0.168 e. The van der Waals surface area contributed by atoms with Gasteiger partial charge in [0.05, 0.1) is 16.7 Å². The SMILES string of the molecule is CC1=C(c2ccc(Br)c(F)c2)N2CCN=C2S1. The fraction of sp³-hybridized carbons (Fsp3) is 0.250. The number of hydrogen-bond acceptors (Lipinski definition) is 3. The minimum Gasteiger partial charge on any atom is -0.318 e. The average Bonchev–Trinajstić information content (AvgIpc) is 2.82. The van der Waals surface area contributed by atoms with Gasteiger partial charge in [-0.05, 0) is 35.0 Å². The van der Waals surface area contributed by atoms with Gasteiger partial charge in [-0.2, -0.15) is 0 Å². The first-order valence-corrected chi connectivity index (χ1v) is 6.94. The van der Waals surface area contributed by atoms with Crippen LogP contribution in [0.2, 0.25) is 0 Å². The summed E-state index contributed by atoms with van der Waals surface area (Å²) < 4.78 is 14.1. The zero-order valence-corrected chi connectivity index (χ0v) is 11.6. The molecule has 2 nitrogen and oxygen atoms in total. The fourth-order valence-corrected chi connectivity index (χ4v) is 3.39. The van der Waals surface area contributed by atoms with E-state index in [0.29, 0.717) is 4.47 Å². The summed E-state index contributed by atoms with van der Waals surface area (Å²) in [6.45, 7) is 3.78. The first kappa shape index (κ1) is 11.3. The van der Waals surface area contributed by atoms with E-state index >= 15 is 0 Å². The van der Waals surface area contributed by atoms with Crippen LogP contribution in [0.4, 0.5) is 4.39 Å². The Balaban J connectivity index is 2.06. The number of nitrogens with zero attached hydrogens (tertiary/aromatic N) is 2. The second-order valence-corrected chi connectivity index (χ2v) is 5.99. The Morgan fingerprint density at radius 1 is 1.47 bits per heavy atom. The third-order valence-electron chi connectivity index (χ3n) is 2.84. The van der Waals surface area contributed by atoms with Crippen molar-refractivity contribution in [1.82, 2.24) is 4.90 Å². The van der Waals surface area contributed by atoms with E-state index in [-0.39, 0.29) is 5.82 Å². The Morgan fingerprint density at radius 3 is 3.06 bits per heavy atom. The summed E-state index contributed by atoms with van der Waals surface area (Å²) in [5, 5.41) is 1.04. The van der Waals surface area contributed by atoms with Gasteiger partial charge in [-0.1, -0.05) is 17.8 Å². The number of amidine groups is 1. The number of halogens is 2. The summed E-state index contributed by atoms with van der Waals surface area (Å²) >= 11 is 4.85. The molecule has 88 valence electrons. The van der Waals surface area contributed by atoms with E-state index < -0.39 is 0 Å². The van der Waals surface area contributed by atoms with Crippen LogP contribution in [0.1, 0.15) is 12.5 Å². The molecular formula is C12H10BrFN2S.